The molecule has 6 nitrogen and oxygen atoms in total. The van der Waals surface area contributed by atoms with Gasteiger partial charge in [0.1, 0.15) is 5.75 Å². The Bertz CT molecular complexity index is 1200. The highest BCUT2D eigenvalue weighted by molar-refractivity contribution is 5.55. The first-order valence-electron chi connectivity index (χ1n) is 13.7. The maximum absolute atomic E-state index is 13.9. The molecule has 0 amide bonds. The molecule has 1 heterocycles. The van der Waals surface area contributed by atoms with Crippen LogP contribution in [0, 0.1) is 0 Å². The van der Waals surface area contributed by atoms with Crippen LogP contribution in [0.1, 0.15) is 63.9 Å². The molecule has 0 fully saturated rings. The van der Waals surface area contributed by atoms with Crippen molar-refractivity contribution in [2.75, 3.05) is 6.61 Å². The number of hydrogen-bond donors (Lipinski definition) is 0. The van der Waals surface area contributed by atoms with Gasteiger partial charge in [-0.1, -0.05) is 51.9 Å². The quantitative estimate of drug-likeness (QED) is 0.102. The molecule has 0 spiro atoms. The monoisotopic (exact) mass is 692 g/mol. The van der Waals surface area contributed by atoms with Crippen molar-refractivity contribution < 1.29 is 76.0 Å². The second-order valence-electron chi connectivity index (χ2n) is 9.91. The summed E-state index contributed by atoms with van der Waals surface area (Å²) in [5.41, 5.74) is 1.25. The van der Waals surface area contributed by atoms with Crippen LogP contribution in [-0.4, -0.2) is 53.5 Å². The summed E-state index contributed by atoms with van der Waals surface area (Å²) in [4.78, 5) is 8.42. The van der Waals surface area contributed by atoms with Crippen molar-refractivity contribution in [3.63, 3.8) is 0 Å². The summed E-state index contributed by atoms with van der Waals surface area (Å²) in [6.07, 6.45) is -26.8. The Kier molecular flexibility index (Phi) is 13.5. The highest BCUT2D eigenvalue weighted by atomic mass is 19.4. The first kappa shape index (κ1) is 39.2. The zero-order valence-electron chi connectivity index (χ0n) is 24.0. The van der Waals surface area contributed by atoms with Crippen molar-refractivity contribution in [2.45, 2.75) is 102 Å². The zero-order valence-corrected chi connectivity index (χ0v) is 24.0. The molecule has 262 valence electrons. The van der Waals surface area contributed by atoms with Gasteiger partial charge in [0.25, 0.3) is 0 Å². The van der Waals surface area contributed by atoms with E-state index in [4.69, 9.17) is 0 Å². The highest BCUT2D eigenvalue weighted by Gasteiger charge is 2.74. The molecule has 0 aliphatic rings. The summed E-state index contributed by atoms with van der Waals surface area (Å²) in [5, 5.41) is 0. The lowest BCUT2D eigenvalue weighted by molar-refractivity contribution is -0.564. The van der Waals surface area contributed by atoms with E-state index >= 15 is 0 Å². The summed E-state index contributed by atoms with van der Waals surface area (Å²) >= 11 is 0. The molecule has 1 aromatic heterocycles. The van der Waals surface area contributed by atoms with Gasteiger partial charge in [-0.25, -0.2) is 24.2 Å². The Hall–Kier alpha value is -2.93. The SMILES string of the molecule is CCCCCCCCCCc1cnc(-c2ccc(OCC(F)(F)OC(F)(F)C(F)(F)OC(F)(F)C(F)(F)OC(F)(F)F)cc2)nc1. The van der Waals surface area contributed by atoms with E-state index in [0.29, 0.717) is 5.56 Å². The molecule has 0 saturated heterocycles. The molecule has 19 heteroatoms. The van der Waals surface area contributed by atoms with Crippen LogP contribution in [0.5, 0.6) is 5.75 Å². The average molecular weight is 693 g/mol. The fourth-order valence-corrected chi connectivity index (χ4v) is 3.72. The molecule has 0 unspecified atom stereocenters. The number of aryl methyl sites for hydroxylation is 1. The Balaban J connectivity index is 1.91. The summed E-state index contributed by atoms with van der Waals surface area (Å²) in [6.45, 7) is -0.0938. The molecule has 0 aliphatic heterocycles. The lowest BCUT2D eigenvalue weighted by Crippen LogP contribution is -2.57. The highest BCUT2D eigenvalue weighted by Crippen LogP contribution is 2.48. The maximum Gasteiger partial charge on any atom is 0.527 e. The van der Waals surface area contributed by atoms with Crippen LogP contribution < -0.4 is 4.74 Å². The Morgan fingerprint density at radius 2 is 1.02 bits per heavy atom. The number of rotatable bonds is 20. The van der Waals surface area contributed by atoms with Gasteiger partial charge in [0, 0.05) is 18.0 Å². The molecule has 1 aromatic carbocycles. The number of unbranched alkanes of at least 4 members (excludes halogenated alkanes) is 7. The van der Waals surface area contributed by atoms with Gasteiger partial charge in [-0.05, 0) is 42.7 Å². The Morgan fingerprint density at radius 3 is 1.52 bits per heavy atom. The normalized spacial score (nSPS) is 13.7. The lowest BCUT2D eigenvalue weighted by atomic mass is 10.1. The van der Waals surface area contributed by atoms with Gasteiger partial charge in [0.05, 0.1) is 0 Å². The predicted molar refractivity (Wildman–Crippen MR) is 133 cm³/mol. The van der Waals surface area contributed by atoms with Gasteiger partial charge in [-0.15, -0.1) is 13.2 Å². The van der Waals surface area contributed by atoms with E-state index < -0.39 is 49.3 Å². The van der Waals surface area contributed by atoms with Gasteiger partial charge in [0.2, 0.25) is 0 Å². The minimum absolute atomic E-state index is 0.227. The lowest BCUT2D eigenvalue weighted by Gasteiger charge is -2.33. The standard InChI is InChI=1S/C27H29F13N2O4/c1-2-3-4-5-6-7-8-9-10-18-15-41-21(42-16-18)19-11-13-20(14-12-19)43-17-22(28,29)44-23(30,31)24(32,33)45-25(34,35)26(36,37)46-27(38,39)40/h11-16H,2-10,17H2,1H3. The first-order valence-corrected chi connectivity index (χ1v) is 13.7. The topological polar surface area (TPSA) is 62.7 Å². The van der Waals surface area contributed by atoms with Crippen LogP contribution in [-0.2, 0) is 20.6 Å². The number of alkyl halides is 13. The van der Waals surface area contributed by atoms with Crippen LogP contribution in [0.3, 0.4) is 0 Å². The van der Waals surface area contributed by atoms with Gasteiger partial charge < -0.3 is 4.74 Å². The first-order chi connectivity index (χ1) is 21.1. The third kappa shape index (κ3) is 12.4. The summed E-state index contributed by atoms with van der Waals surface area (Å²) in [6, 6.07) is 4.60. The third-order valence-corrected chi connectivity index (χ3v) is 6.00. The van der Waals surface area contributed by atoms with E-state index in [1.165, 1.54) is 44.2 Å². The van der Waals surface area contributed by atoms with E-state index in [-0.39, 0.29) is 5.82 Å². The minimum Gasteiger partial charge on any atom is -0.484 e. The molecule has 0 radical (unpaired) electrons. The van der Waals surface area contributed by atoms with Crippen molar-refractivity contribution >= 4 is 0 Å². The predicted octanol–water partition coefficient (Wildman–Crippen LogP) is 9.74. The minimum atomic E-state index is -7.11. The molecule has 0 N–H and O–H groups in total. The largest absolute Gasteiger partial charge is 0.527 e. The van der Waals surface area contributed by atoms with E-state index in [1.807, 2.05) is 4.74 Å². The molecular weight excluding hydrogens is 663 g/mol. The van der Waals surface area contributed by atoms with Crippen LogP contribution in [0.25, 0.3) is 11.4 Å². The van der Waals surface area contributed by atoms with E-state index in [2.05, 4.69) is 26.4 Å². The number of benzene rings is 1. The molecule has 46 heavy (non-hydrogen) atoms. The van der Waals surface area contributed by atoms with Gasteiger partial charge >= 0.3 is 36.9 Å². The second-order valence-corrected chi connectivity index (χ2v) is 9.91. The molecule has 0 atom stereocenters. The van der Waals surface area contributed by atoms with Crippen molar-refractivity contribution in [1.82, 2.24) is 9.97 Å². The fourth-order valence-electron chi connectivity index (χ4n) is 3.72. The fraction of sp³-hybridized carbons (Fsp3) is 0.630. The average Bonchev–Trinajstić information content (AvgIpc) is 2.91. The number of halogens is 13. The van der Waals surface area contributed by atoms with Crippen LogP contribution in [0.4, 0.5) is 57.1 Å². The van der Waals surface area contributed by atoms with Crippen LogP contribution in [0.2, 0.25) is 0 Å². The van der Waals surface area contributed by atoms with Gasteiger partial charge in [-0.2, -0.15) is 43.9 Å². The van der Waals surface area contributed by atoms with Crippen molar-refractivity contribution in [3.05, 3.63) is 42.2 Å². The smallest absolute Gasteiger partial charge is 0.484 e. The van der Waals surface area contributed by atoms with Crippen molar-refractivity contribution in [3.8, 4) is 17.1 Å². The van der Waals surface area contributed by atoms with Crippen LogP contribution >= 0.6 is 0 Å². The van der Waals surface area contributed by atoms with E-state index in [0.717, 1.165) is 43.4 Å². The number of hydrogen-bond acceptors (Lipinski definition) is 6. The number of nitrogens with zero attached hydrogens (tertiary/aromatic N) is 2. The van der Waals surface area contributed by atoms with Gasteiger partial charge in [-0.3, -0.25) is 0 Å². The Labute approximate surface area is 254 Å². The van der Waals surface area contributed by atoms with E-state index in [9.17, 15) is 57.1 Å². The summed E-state index contributed by atoms with van der Waals surface area (Å²) in [5.74, 6) is -0.232. The summed E-state index contributed by atoms with van der Waals surface area (Å²) in [7, 11) is 0. The molecule has 0 saturated carbocycles. The Morgan fingerprint density at radius 1 is 0.565 bits per heavy atom. The maximum atomic E-state index is 13.9. The van der Waals surface area contributed by atoms with Crippen molar-refractivity contribution in [2.24, 2.45) is 0 Å². The molecule has 0 aliphatic carbocycles. The summed E-state index contributed by atoms with van der Waals surface area (Å²) < 4.78 is 180. The van der Waals surface area contributed by atoms with Crippen molar-refractivity contribution in [1.29, 1.82) is 0 Å². The molecule has 2 rings (SSSR count). The molecule has 2 aromatic rings. The van der Waals surface area contributed by atoms with Gasteiger partial charge in [0.15, 0.2) is 12.4 Å². The molecular formula is C27H29F13N2O4. The number of aromatic nitrogens is 2. The second kappa shape index (κ2) is 15.8. The molecule has 0 bridgehead atoms. The number of ether oxygens (including phenoxy) is 4. The zero-order chi connectivity index (χ0) is 34.9. The third-order valence-electron chi connectivity index (χ3n) is 6.00. The van der Waals surface area contributed by atoms with E-state index in [1.54, 1.807) is 17.1 Å². The van der Waals surface area contributed by atoms with Crippen LogP contribution in [0.15, 0.2) is 36.7 Å².